The van der Waals surface area contributed by atoms with Crippen LogP contribution in [0.4, 0.5) is 0 Å². The molecule has 3 rings (SSSR count). The third-order valence-corrected chi connectivity index (χ3v) is 6.62. The van der Waals surface area contributed by atoms with Crippen LogP contribution in [0.5, 0.6) is 0 Å². The molecule has 118 valence electrons. The van der Waals surface area contributed by atoms with Crippen LogP contribution in [0, 0.1) is 13.8 Å². The Labute approximate surface area is 126 Å². The standard InChI is InChI=1S/C13H23N5O2S/c1-10-13(11(2)16(3)15-10)21(19,20)18-8-12(9-18)17-6-4-14-5-7-17/h12,14H,4-9H2,1-3H3. The van der Waals surface area contributed by atoms with E-state index in [9.17, 15) is 8.42 Å². The fourth-order valence-electron chi connectivity index (χ4n) is 3.15. The normalized spacial score (nSPS) is 22.4. The lowest BCUT2D eigenvalue weighted by molar-refractivity contribution is 0.0773. The Morgan fingerprint density at radius 1 is 1.19 bits per heavy atom. The van der Waals surface area contributed by atoms with E-state index in [2.05, 4.69) is 15.3 Å². The maximum Gasteiger partial charge on any atom is 0.246 e. The zero-order valence-electron chi connectivity index (χ0n) is 12.8. The molecule has 3 heterocycles. The minimum atomic E-state index is -3.41. The Morgan fingerprint density at radius 2 is 1.81 bits per heavy atom. The number of hydrogen-bond acceptors (Lipinski definition) is 5. The van der Waals surface area contributed by atoms with Crippen LogP contribution in [0.25, 0.3) is 0 Å². The van der Waals surface area contributed by atoms with E-state index in [-0.39, 0.29) is 0 Å². The van der Waals surface area contributed by atoms with Gasteiger partial charge in [0.15, 0.2) is 0 Å². The van der Waals surface area contributed by atoms with E-state index in [1.807, 2.05) is 0 Å². The summed E-state index contributed by atoms with van der Waals surface area (Å²) in [4.78, 5) is 2.76. The average Bonchev–Trinajstić information content (AvgIpc) is 2.62. The highest BCUT2D eigenvalue weighted by molar-refractivity contribution is 7.89. The highest BCUT2D eigenvalue weighted by Crippen LogP contribution is 2.28. The van der Waals surface area contributed by atoms with Crippen molar-refractivity contribution in [3.8, 4) is 0 Å². The predicted octanol–water partition coefficient (Wildman–Crippen LogP) is -0.685. The zero-order valence-corrected chi connectivity index (χ0v) is 13.7. The van der Waals surface area contributed by atoms with Crippen LogP contribution in [-0.2, 0) is 17.1 Å². The lowest BCUT2D eigenvalue weighted by atomic mass is 10.1. The van der Waals surface area contributed by atoms with E-state index >= 15 is 0 Å². The monoisotopic (exact) mass is 313 g/mol. The molecule has 0 aromatic carbocycles. The predicted molar refractivity (Wildman–Crippen MR) is 79.7 cm³/mol. The third-order valence-electron chi connectivity index (χ3n) is 4.54. The van der Waals surface area contributed by atoms with Gasteiger partial charge in [-0.05, 0) is 13.8 Å². The molecule has 21 heavy (non-hydrogen) atoms. The molecule has 0 atom stereocenters. The van der Waals surface area contributed by atoms with Gasteiger partial charge in [-0.25, -0.2) is 8.42 Å². The summed E-state index contributed by atoms with van der Waals surface area (Å²) in [7, 11) is -1.63. The highest BCUT2D eigenvalue weighted by Gasteiger charge is 2.41. The first-order chi connectivity index (χ1) is 9.91. The van der Waals surface area contributed by atoms with Gasteiger partial charge >= 0.3 is 0 Å². The molecule has 2 fully saturated rings. The molecule has 8 heteroatoms. The number of aromatic nitrogens is 2. The van der Waals surface area contributed by atoms with Crippen molar-refractivity contribution >= 4 is 10.0 Å². The summed E-state index contributed by atoms with van der Waals surface area (Å²) in [6.45, 7) is 8.74. The zero-order chi connectivity index (χ0) is 15.2. The van der Waals surface area contributed by atoms with E-state index in [0.717, 1.165) is 26.2 Å². The number of piperazine rings is 1. The number of rotatable bonds is 3. The average molecular weight is 313 g/mol. The molecular weight excluding hydrogens is 290 g/mol. The molecule has 2 aliphatic heterocycles. The third kappa shape index (κ3) is 2.50. The van der Waals surface area contributed by atoms with Crippen molar-refractivity contribution in [3.63, 3.8) is 0 Å². The number of hydrogen-bond donors (Lipinski definition) is 1. The van der Waals surface area contributed by atoms with E-state index in [1.54, 1.807) is 29.9 Å². The lowest BCUT2D eigenvalue weighted by Crippen LogP contribution is -2.63. The van der Waals surface area contributed by atoms with Crippen LogP contribution in [0.15, 0.2) is 4.90 Å². The summed E-state index contributed by atoms with van der Waals surface area (Å²) in [5, 5.41) is 7.54. The van der Waals surface area contributed by atoms with Gasteiger partial charge in [-0.2, -0.15) is 9.40 Å². The topological polar surface area (TPSA) is 70.5 Å². The molecule has 1 aromatic heterocycles. The van der Waals surface area contributed by atoms with Crippen molar-refractivity contribution in [1.29, 1.82) is 0 Å². The van der Waals surface area contributed by atoms with E-state index < -0.39 is 10.0 Å². The maximum absolute atomic E-state index is 12.7. The molecule has 2 aliphatic rings. The molecule has 0 spiro atoms. The second kappa shape index (κ2) is 5.35. The van der Waals surface area contributed by atoms with E-state index in [4.69, 9.17) is 0 Å². The number of nitrogens with zero attached hydrogens (tertiary/aromatic N) is 4. The molecule has 2 saturated heterocycles. The van der Waals surface area contributed by atoms with Crippen molar-refractivity contribution in [3.05, 3.63) is 11.4 Å². The Morgan fingerprint density at radius 3 is 2.33 bits per heavy atom. The van der Waals surface area contributed by atoms with Crippen molar-refractivity contribution in [2.24, 2.45) is 7.05 Å². The largest absolute Gasteiger partial charge is 0.314 e. The summed E-state index contributed by atoms with van der Waals surface area (Å²) < 4.78 is 28.7. The Hall–Kier alpha value is -0.960. The van der Waals surface area contributed by atoms with E-state index in [0.29, 0.717) is 35.4 Å². The second-order valence-electron chi connectivity index (χ2n) is 5.89. The van der Waals surface area contributed by atoms with Crippen LogP contribution < -0.4 is 5.32 Å². The van der Waals surface area contributed by atoms with Crippen LogP contribution in [0.1, 0.15) is 11.4 Å². The number of nitrogens with one attached hydrogen (secondary N) is 1. The molecule has 0 radical (unpaired) electrons. The first-order valence-electron chi connectivity index (χ1n) is 7.36. The molecule has 0 saturated carbocycles. The molecule has 1 aromatic rings. The van der Waals surface area contributed by atoms with Crippen LogP contribution >= 0.6 is 0 Å². The summed E-state index contributed by atoms with van der Waals surface area (Å²) >= 11 is 0. The molecule has 7 nitrogen and oxygen atoms in total. The first kappa shape index (κ1) is 15.0. The first-order valence-corrected chi connectivity index (χ1v) is 8.80. The minimum Gasteiger partial charge on any atom is -0.314 e. The van der Waals surface area contributed by atoms with Crippen molar-refractivity contribution < 1.29 is 8.42 Å². The summed E-state index contributed by atoms with van der Waals surface area (Å²) in [5.41, 5.74) is 1.29. The van der Waals surface area contributed by atoms with Crippen molar-refractivity contribution in [1.82, 2.24) is 24.3 Å². The quantitative estimate of drug-likeness (QED) is 0.800. The van der Waals surface area contributed by atoms with Gasteiger partial charge in [0.2, 0.25) is 10.0 Å². The van der Waals surface area contributed by atoms with Crippen molar-refractivity contribution in [2.45, 2.75) is 24.8 Å². The lowest BCUT2D eigenvalue weighted by Gasteiger charge is -2.45. The Balaban J connectivity index is 1.73. The molecule has 0 bridgehead atoms. The van der Waals surface area contributed by atoms with Gasteiger partial charge in [0.1, 0.15) is 4.90 Å². The van der Waals surface area contributed by atoms with Gasteiger partial charge in [0.05, 0.1) is 11.4 Å². The molecule has 1 N–H and O–H groups in total. The van der Waals surface area contributed by atoms with Crippen molar-refractivity contribution in [2.75, 3.05) is 39.3 Å². The highest BCUT2D eigenvalue weighted by atomic mass is 32.2. The Kier molecular flexibility index (Phi) is 3.81. The maximum atomic E-state index is 12.7. The minimum absolute atomic E-state index is 0.360. The number of sulfonamides is 1. The molecule has 0 aliphatic carbocycles. The summed E-state index contributed by atoms with van der Waals surface area (Å²) in [5.74, 6) is 0. The van der Waals surface area contributed by atoms with Gasteiger partial charge < -0.3 is 5.32 Å². The van der Waals surface area contributed by atoms with Gasteiger partial charge in [-0.3, -0.25) is 9.58 Å². The molecule has 0 amide bonds. The molecular formula is C13H23N5O2S. The summed E-state index contributed by atoms with van der Waals surface area (Å²) in [6, 6.07) is 0.360. The molecule has 0 unspecified atom stereocenters. The summed E-state index contributed by atoms with van der Waals surface area (Å²) in [6.07, 6.45) is 0. The van der Waals surface area contributed by atoms with Gasteiger partial charge in [0, 0.05) is 52.4 Å². The van der Waals surface area contributed by atoms with Gasteiger partial charge in [0.25, 0.3) is 0 Å². The van der Waals surface area contributed by atoms with Crippen LogP contribution in [-0.4, -0.2) is 72.7 Å². The number of aryl methyl sites for hydroxylation is 2. The van der Waals surface area contributed by atoms with Gasteiger partial charge in [-0.1, -0.05) is 0 Å². The van der Waals surface area contributed by atoms with Crippen LogP contribution in [0.2, 0.25) is 0 Å². The fraction of sp³-hybridized carbons (Fsp3) is 0.769. The second-order valence-corrected chi connectivity index (χ2v) is 7.76. The SMILES string of the molecule is Cc1nn(C)c(C)c1S(=O)(=O)N1CC(N2CCNCC2)C1. The van der Waals surface area contributed by atoms with E-state index in [1.165, 1.54) is 0 Å². The van der Waals surface area contributed by atoms with Crippen LogP contribution in [0.3, 0.4) is 0 Å². The smallest absolute Gasteiger partial charge is 0.246 e. The fourth-order valence-corrected chi connectivity index (χ4v) is 5.06. The van der Waals surface area contributed by atoms with Gasteiger partial charge in [-0.15, -0.1) is 0 Å². The Bertz CT molecular complexity index is 627.